The van der Waals surface area contributed by atoms with E-state index in [0.29, 0.717) is 5.39 Å². The molecule has 0 unspecified atom stereocenters. The molecule has 1 aromatic heterocycles. The lowest BCUT2D eigenvalue weighted by atomic mass is 10.1. The Kier molecular flexibility index (Phi) is 4.04. The summed E-state index contributed by atoms with van der Waals surface area (Å²) in [5, 5.41) is 3.58. The van der Waals surface area contributed by atoms with Crippen LogP contribution in [0.25, 0.3) is 10.9 Å². The van der Waals surface area contributed by atoms with E-state index in [9.17, 15) is 9.59 Å². The monoisotopic (exact) mass is 284 g/mol. The fourth-order valence-electron chi connectivity index (χ4n) is 3.02. The Labute approximate surface area is 123 Å². The third-order valence-electron chi connectivity index (χ3n) is 4.22. The maximum Gasteiger partial charge on any atom is 0.256 e. The van der Waals surface area contributed by atoms with Crippen LogP contribution in [0.5, 0.6) is 0 Å². The zero-order valence-corrected chi connectivity index (χ0v) is 12.0. The molecule has 0 aliphatic heterocycles. The van der Waals surface area contributed by atoms with Crippen LogP contribution in [0.15, 0.2) is 35.3 Å². The van der Waals surface area contributed by atoms with E-state index in [2.05, 4.69) is 10.3 Å². The molecule has 4 nitrogen and oxygen atoms in total. The summed E-state index contributed by atoms with van der Waals surface area (Å²) in [5.41, 5.74) is 0.766. The first kappa shape index (κ1) is 13.9. The van der Waals surface area contributed by atoms with E-state index in [0.717, 1.165) is 31.2 Å². The normalized spacial score (nSPS) is 16.6. The number of carbonyl (C=O) groups is 1. The third-order valence-corrected chi connectivity index (χ3v) is 4.22. The number of benzene rings is 1. The number of hydrogen-bond donors (Lipinski definition) is 2. The van der Waals surface area contributed by atoms with Crippen molar-refractivity contribution in [1.29, 1.82) is 0 Å². The molecule has 1 aliphatic carbocycles. The van der Waals surface area contributed by atoms with Crippen molar-refractivity contribution in [2.24, 2.45) is 0 Å². The van der Waals surface area contributed by atoms with Crippen molar-refractivity contribution in [3.05, 3.63) is 46.2 Å². The van der Waals surface area contributed by atoms with Crippen LogP contribution in [0, 0.1) is 0 Å². The van der Waals surface area contributed by atoms with Gasteiger partial charge in [-0.05, 0) is 25.0 Å². The van der Waals surface area contributed by atoms with Gasteiger partial charge in [0.1, 0.15) is 5.56 Å². The number of nitrogens with one attached hydrogen (secondary N) is 2. The number of aromatic amines is 1. The fourth-order valence-corrected chi connectivity index (χ4v) is 3.02. The minimum Gasteiger partial charge on any atom is -0.360 e. The summed E-state index contributed by atoms with van der Waals surface area (Å²) in [4.78, 5) is 27.8. The third kappa shape index (κ3) is 2.99. The average Bonchev–Trinajstić information content (AvgIpc) is 2.76. The smallest absolute Gasteiger partial charge is 0.256 e. The van der Waals surface area contributed by atoms with Crippen LogP contribution in [-0.4, -0.2) is 16.9 Å². The lowest BCUT2D eigenvalue weighted by molar-refractivity contribution is 0.0932. The number of rotatable bonds is 2. The molecular formula is C17H20N2O2. The topological polar surface area (TPSA) is 62.0 Å². The number of H-pyrrole nitrogens is 1. The Hall–Kier alpha value is -2.10. The second-order valence-electron chi connectivity index (χ2n) is 5.74. The van der Waals surface area contributed by atoms with E-state index in [1.54, 1.807) is 6.07 Å². The van der Waals surface area contributed by atoms with Gasteiger partial charge in [0.05, 0.1) is 0 Å². The molecule has 0 saturated heterocycles. The molecule has 1 aliphatic rings. The molecule has 110 valence electrons. The van der Waals surface area contributed by atoms with Crippen LogP contribution >= 0.6 is 0 Å². The highest BCUT2D eigenvalue weighted by molar-refractivity contribution is 5.97. The van der Waals surface area contributed by atoms with E-state index >= 15 is 0 Å². The second kappa shape index (κ2) is 6.12. The Balaban J connectivity index is 1.84. The van der Waals surface area contributed by atoms with Gasteiger partial charge in [0.2, 0.25) is 5.43 Å². The molecule has 0 spiro atoms. The summed E-state index contributed by atoms with van der Waals surface area (Å²) in [5.74, 6) is -0.256. The maximum atomic E-state index is 12.4. The summed E-state index contributed by atoms with van der Waals surface area (Å²) < 4.78 is 0. The van der Waals surface area contributed by atoms with Crippen molar-refractivity contribution in [3.63, 3.8) is 0 Å². The lowest BCUT2D eigenvalue weighted by Gasteiger charge is -2.16. The first-order chi connectivity index (χ1) is 10.3. The van der Waals surface area contributed by atoms with E-state index in [1.165, 1.54) is 19.0 Å². The van der Waals surface area contributed by atoms with Crippen LogP contribution in [0.1, 0.15) is 48.9 Å². The predicted molar refractivity (Wildman–Crippen MR) is 83.5 cm³/mol. The van der Waals surface area contributed by atoms with Crippen molar-refractivity contribution in [1.82, 2.24) is 10.3 Å². The van der Waals surface area contributed by atoms with Gasteiger partial charge in [-0.3, -0.25) is 9.59 Å². The molecule has 1 amide bonds. The first-order valence-corrected chi connectivity index (χ1v) is 7.67. The van der Waals surface area contributed by atoms with Gasteiger partial charge < -0.3 is 10.3 Å². The number of fused-ring (bicyclic) bond motifs is 1. The number of hydrogen-bond acceptors (Lipinski definition) is 2. The van der Waals surface area contributed by atoms with Gasteiger partial charge in [-0.1, -0.05) is 37.8 Å². The van der Waals surface area contributed by atoms with E-state index < -0.39 is 0 Å². The minimum atomic E-state index is -0.256. The van der Waals surface area contributed by atoms with Crippen LogP contribution in [-0.2, 0) is 0 Å². The van der Waals surface area contributed by atoms with Crippen LogP contribution in [0.3, 0.4) is 0 Å². The van der Waals surface area contributed by atoms with Crippen molar-refractivity contribution in [2.45, 2.75) is 44.6 Å². The van der Waals surface area contributed by atoms with Crippen molar-refractivity contribution < 1.29 is 4.79 Å². The Bertz CT molecular complexity index is 697. The molecule has 2 N–H and O–H groups in total. The van der Waals surface area contributed by atoms with Gasteiger partial charge in [-0.2, -0.15) is 0 Å². The molecule has 0 bridgehead atoms. The van der Waals surface area contributed by atoms with E-state index in [4.69, 9.17) is 0 Å². The van der Waals surface area contributed by atoms with Crippen molar-refractivity contribution >= 4 is 16.8 Å². The predicted octanol–water partition coefficient (Wildman–Crippen LogP) is 2.98. The van der Waals surface area contributed by atoms with Gasteiger partial charge in [-0.15, -0.1) is 0 Å². The minimum absolute atomic E-state index is 0.199. The van der Waals surface area contributed by atoms with E-state index in [1.807, 2.05) is 18.2 Å². The van der Waals surface area contributed by atoms with Crippen molar-refractivity contribution in [2.75, 3.05) is 0 Å². The molecule has 1 fully saturated rings. The van der Waals surface area contributed by atoms with Gasteiger partial charge in [0, 0.05) is 23.1 Å². The number of carbonyl (C=O) groups excluding carboxylic acids is 1. The molecular weight excluding hydrogens is 264 g/mol. The molecule has 3 rings (SSSR count). The highest BCUT2D eigenvalue weighted by atomic mass is 16.2. The SMILES string of the molecule is O=C(NC1CCCCCC1)c1c[nH]c2ccccc2c1=O. The quantitative estimate of drug-likeness (QED) is 0.833. The zero-order valence-electron chi connectivity index (χ0n) is 12.0. The average molecular weight is 284 g/mol. The number of amides is 1. The summed E-state index contributed by atoms with van der Waals surface area (Å²) in [6, 6.07) is 7.46. The van der Waals surface area contributed by atoms with Crippen molar-refractivity contribution in [3.8, 4) is 0 Å². The maximum absolute atomic E-state index is 12.4. The number of aromatic nitrogens is 1. The molecule has 1 heterocycles. The summed E-state index contributed by atoms with van der Waals surface area (Å²) in [7, 11) is 0. The van der Waals surface area contributed by atoms with Crippen LogP contribution in [0.2, 0.25) is 0 Å². The Morgan fingerprint density at radius 2 is 1.81 bits per heavy atom. The van der Waals surface area contributed by atoms with Gasteiger partial charge >= 0.3 is 0 Å². The van der Waals surface area contributed by atoms with Gasteiger partial charge in [0.15, 0.2) is 0 Å². The zero-order chi connectivity index (χ0) is 14.7. The lowest BCUT2D eigenvalue weighted by Crippen LogP contribution is -2.37. The molecule has 0 radical (unpaired) electrons. The first-order valence-electron chi connectivity index (χ1n) is 7.67. The molecule has 4 heteroatoms. The summed E-state index contributed by atoms with van der Waals surface area (Å²) in [6.45, 7) is 0. The number of pyridine rings is 1. The Morgan fingerprint density at radius 1 is 1.10 bits per heavy atom. The largest absolute Gasteiger partial charge is 0.360 e. The van der Waals surface area contributed by atoms with E-state index in [-0.39, 0.29) is 22.9 Å². The molecule has 1 aromatic carbocycles. The summed E-state index contributed by atoms with van der Waals surface area (Å²) in [6.07, 6.45) is 8.33. The van der Waals surface area contributed by atoms with Gasteiger partial charge in [0.25, 0.3) is 5.91 Å². The highest BCUT2D eigenvalue weighted by Crippen LogP contribution is 2.17. The Morgan fingerprint density at radius 3 is 2.57 bits per heavy atom. The fraction of sp³-hybridized carbons (Fsp3) is 0.412. The molecule has 0 atom stereocenters. The molecule has 1 saturated carbocycles. The highest BCUT2D eigenvalue weighted by Gasteiger charge is 2.18. The van der Waals surface area contributed by atoms with Gasteiger partial charge in [-0.25, -0.2) is 0 Å². The summed E-state index contributed by atoms with van der Waals surface area (Å²) >= 11 is 0. The standard InChI is InChI=1S/C17H20N2O2/c20-16-13-9-5-6-10-15(13)18-11-14(16)17(21)19-12-7-3-1-2-4-8-12/h5-6,9-12H,1-4,7-8H2,(H,18,20)(H,19,21). The second-order valence-corrected chi connectivity index (χ2v) is 5.74. The number of para-hydroxylation sites is 1. The molecule has 21 heavy (non-hydrogen) atoms. The van der Waals surface area contributed by atoms with Crippen LogP contribution in [0.4, 0.5) is 0 Å². The van der Waals surface area contributed by atoms with Crippen LogP contribution < -0.4 is 10.7 Å². The molecule has 2 aromatic rings.